The standard InChI is InChI=1S/C29H28N4O3/c1-21(34)33-27-15-12-24(29(35)32-19-25-9-5-6-16-30-25)17-28(27)31-18-22-10-13-26(14-11-22)36-20-23-7-3-2-4-8-23/h2-17,31H,18-20H2,1H3,(H,32,35)(H,33,34). The quantitative estimate of drug-likeness (QED) is 0.292. The van der Waals surface area contributed by atoms with Crippen LogP contribution in [-0.4, -0.2) is 16.8 Å². The fourth-order valence-corrected chi connectivity index (χ4v) is 3.55. The Hall–Kier alpha value is -4.65. The average molecular weight is 481 g/mol. The molecule has 0 radical (unpaired) electrons. The molecule has 0 spiro atoms. The van der Waals surface area contributed by atoms with Crippen molar-refractivity contribution in [2.45, 2.75) is 26.6 Å². The Morgan fingerprint density at radius 2 is 1.58 bits per heavy atom. The maximum Gasteiger partial charge on any atom is 0.251 e. The summed E-state index contributed by atoms with van der Waals surface area (Å²) >= 11 is 0. The highest BCUT2D eigenvalue weighted by atomic mass is 16.5. The molecule has 1 heterocycles. The molecule has 4 rings (SSSR count). The molecule has 0 atom stereocenters. The van der Waals surface area contributed by atoms with Crippen molar-refractivity contribution in [3.8, 4) is 5.75 Å². The van der Waals surface area contributed by atoms with E-state index in [4.69, 9.17) is 4.74 Å². The van der Waals surface area contributed by atoms with Crippen LogP contribution in [0.2, 0.25) is 0 Å². The monoisotopic (exact) mass is 480 g/mol. The molecule has 1 aromatic heterocycles. The molecule has 0 saturated heterocycles. The van der Waals surface area contributed by atoms with Crippen LogP contribution in [0.15, 0.2) is 97.2 Å². The summed E-state index contributed by atoms with van der Waals surface area (Å²) in [6.07, 6.45) is 1.69. The van der Waals surface area contributed by atoms with Gasteiger partial charge in [0, 0.05) is 25.2 Å². The van der Waals surface area contributed by atoms with Crippen LogP contribution in [-0.2, 0) is 24.5 Å². The van der Waals surface area contributed by atoms with Gasteiger partial charge in [-0.25, -0.2) is 0 Å². The van der Waals surface area contributed by atoms with E-state index in [-0.39, 0.29) is 11.8 Å². The Morgan fingerprint density at radius 1 is 0.806 bits per heavy atom. The smallest absolute Gasteiger partial charge is 0.251 e. The van der Waals surface area contributed by atoms with Crippen LogP contribution >= 0.6 is 0 Å². The fraction of sp³-hybridized carbons (Fsp3) is 0.138. The van der Waals surface area contributed by atoms with Crippen molar-refractivity contribution in [2.24, 2.45) is 0 Å². The van der Waals surface area contributed by atoms with E-state index >= 15 is 0 Å². The molecule has 0 unspecified atom stereocenters. The van der Waals surface area contributed by atoms with Gasteiger partial charge in [0.15, 0.2) is 0 Å². The number of aromatic nitrogens is 1. The highest BCUT2D eigenvalue weighted by Crippen LogP contribution is 2.25. The highest BCUT2D eigenvalue weighted by Gasteiger charge is 2.11. The molecule has 0 aliphatic carbocycles. The molecule has 182 valence electrons. The van der Waals surface area contributed by atoms with Gasteiger partial charge in [-0.05, 0) is 53.6 Å². The summed E-state index contributed by atoms with van der Waals surface area (Å²) in [5.41, 5.74) is 4.65. The second-order valence-corrected chi connectivity index (χ2v) is 8.22. The summed E-state index contributed by atoms with van der Waals surface area (Å²) < 4.78 is 5.85. The number of amides is 2. The van der Waals surface area contributed by atoms with E-state index in [1.807, 2.05) is 72.8 Å². The van der Waals surface area contributed by atoms with Crippen molar-refractivity contribution in [1.29, 1.82) is 0 Å². The highest BCUT2D eigenvalue weighted by molar-refractivity contribution is 5.98. The lowest BCUT2D eigenvalue weighted by molar-refractivity contribution is -0.114. The minimum absolute atomic E-state index is 0.190. The van der Waals surface area contributed by atoms with Gasteiger partial charge in [-0.15, -0.1) is 0 Å². The molecule has 36 heavy (non-hydrogen) atoms. The van der Waals surface area contributed by atoms with Gasteiger partial charge in [0.2, 0.25) is 5.91 Å². The number of carbonyl (C=O) groups excluding carboxylic acids is 2. The van der Waals surface area contributed by atoms with Crippen LogP contribution in [0.5, 0.6) is 5.75 Å². The molecular formula is C29H28N4O3. The van der Waals surface area contributed by atoms with E-state index in [9.17, 15) is 9.59 Å². The predicted molar refractivity (Wildman–Crippen MR) is 141 cm³/mol. The van der Waals surface area contributed by atoms with Crippen molar-refractivity contribution in [1.82, 2.24) is 10.3 Å². The lowest BCUT2D eigenvalue weighted by Gasteiger charge is -2.15. The minimum atomic E-state index is -0.224. The number of benzene rings is 3. The molecule has 7 heteroatoms. The molecule has 0 aliphatic rings. The van der Waals surface area contributed by atoms with E-state index in [0.29, 0.717) is 36.6 Å². The third-order valence-electron chi connectivity index (χ3n) is 5.40. The Morgan fingerprint density at radius 3 is 2.31 bits per heavy atom. The second kappa shape index (κ2) is 12.2. The number of hydrogen-bond donors (Lipinski definition) is 3. The number of pyridine rings is 1. The summed E-state index contributed by atoms with van der Waals surface area (Å²) in [6, 6.07) is 28.5. The first kappa shape index (κ1) is 24.5. The van der Waals surface area contributed by atoms with Crippen molar-refractivity contribution >= 4 is 23.2 Å². The van der Waals surface area contributed by atoms with Crippen molar-refractivity contribution < 1.29 is 14.3 Å². The largest absolute Gasteiger partial charge is 0.489 e. The Labute approximate surface area is 210 Å². The SMILES string of the molecule is CC(=O)Nc1ccc(C(=O)NCc2ccccn2)cc1NCc1ccc(OCc2ccccc2)cc1. The Kier molecular flexibility index (Phi) is 8.27. The van der Waals surface area contributed by atoms with Crippen molar-refractivity contribution in [2.75, 3.05) is 10.6 Å². The summed E-state index contributed by atoms with van der Waals surface area (Å²) in [5, 5.41) is 9.02. The fourth-order valence-electron chi connectivity index (χ4n) is 3.55. The van der Waals surface area contributed by atoms with Crippen LogP contribution < -0.4 is 20.7 Å². The zero-order chi connectivity index (χ0) is 25.2. The zero-order valence-corrected chi connectivity index (χ0v) is 20.0. The molecule has 4 aromatic rings. The molecule has 0 fully saturated rings. The summed E-state index contributed by atoms with van der Waals surface area (Å²) in [6.45, 7) is 2.79. The minimum Gasteiger partial charge on any atom is -0.489 e. The third-order valence-corrected chi connectivity index (χ3v) is 5.40. The summed E-state index contributed by atoms with van der Waals surface area (Å²) in [7, 11) is 0. The van der Waals surface area contributed by atoms with Crippen LogP contribution in [0.4, 0.5) is 11.4 Å². The number of ether oxygens (including phenoxy) is 1. The number of hydrogen-bond acceptors (Lipinski definition) is 5. The lowest BCUT2D eigenvalue weighted by atomic mass is 10.1. The Bertz CT molecular complexity index is 1290. The van der Waals surface area contributed by atoms with E-state index in [1.165, 1.54) is 6.92 Å². The normalized spacial score (nSPS) is 10.4. The number of rotatable bonds is 10. The van der Waals surface area contributed by atoms with Gasteiger partial charge < -0.3 is 20.7 Å². The first-order valence-electron chi connectivity index (χ1n) is 11.7. The van der Waals surface area contributed by atoms with E-state index in [1.54, 1.807) is 24.4 Å². The van der Waals surface area contributed by atoms with E-state index < -0.39 is 0 Å². The molecule has 3 aromatic carbocycles. The molecule has 0 bridgehead atoms. The molecule has 3 N–H and O–H groups in total. The van der Waals surface area contributed by atoms with Crippen LogP contribution in [0.3, 0.4) is 0 Å². The van der Waals surface area contributed by atoms with Crippen LogP contribution in [0.25, 0.3) is 0 Å². The molecule has 2 amide bonds. The van der Waals surface area contributed by atoms with Crippen molar-refractivity contribution in [3.05, 3.63) is 120 Å². The summed E-state index contributed by atoms with van der Waals surface area (Å²) in [4.78, 5) is 28.6. The van der Waals surface area contributed by atoms with Gasteiger partial charge in [0.05, 0.1) is 23.6 Å². The molecule has 0 saturated carbocycles. The molecule has 7 nitrogen and oxygen atoms in total. The predicted octanol–water partition coefficient (Wildman–Crippen LogP) is 5.16. The maximum atomic E-state index is 12.7. The van der Waals surface area contributed by atoms with Crippen LogP contribution in [0.1, 0.15) is 34.1 Å². The lowest BCUT2D eigenvalue weighted by Crippen LogP contribution is -2.23. The average Bonchev–Trinajstić information content (AvgIpc) is 2.91. The topological polar surface area (TPSA) is 92.4 Å². The zero-order valence-electron chi connectivity index (χ0n) is 20.0. The number of anilines is 2. The number of carbonyl (C=O) groups is 2. The first-order chi connectivity index (χ1) is 17.6. The van der Waals surface area contributed by atoms with Gasteiger partial charge in [0.25, 0.3) is 5.91 Å². The van der Waals surface area contributed by atoms with Crippen LogP contribution in [0, 0.1) is 0 Å². The van der Waals surface area contributed by atoms with Gasteiger partial charge in [-0.3, -0.25) is 14.6 Å². The summed E-state index contributed by atoms with van der Waals surface area (Å²) in [5.74, 6) is 0.372. The Balaban J connectivity index is 1.39. The van der Waals surface area contributed by atoms with E-state index in [0.717, 1.165) is 22.6 Å². The van der Waals surface area contributed by atoms with Gasteiger partial charge in [-0.1, -0.05) is 48.5 Å². The number of nitrogens with one attached hydrogen (secondary N) is 3. The van der Waals surface area contributed by atoms with Gasteiger partial charge in [-0.2, -0.15) is 0 Å². The second-order valence-electron chi connectivity index (χ2n) is 8.22. The molecule has 0 aliphatic heterocycles. The third kappa shape index (κ3) is 7.17. The maximum absolute atomic E-state index is 12.7. The van der Waals surface area contributed by atoms with Gasteiger partial charge in [0.1, 0.15) is 12.4 Å². The van der Waals surface area contributed by atoms with E-state index in [2.05, 4.69) is 20.9 Å². The number of nitrogens with zero attached hydrogens (tertiary/aromatic N) is 1. The van der Waals surface area contributed by atoms with Gasteiger partial charge >= 0.3 is 0 Å². The van der Waals surface area contributed by atoms with Crippen molar-refractivity contribution in [3.63, 3.8) is 0 Å². The first-order valence-corrected chi connectivity index (χ1v) is 11.7. The molecular weight excluding hydrogens is 452 g/mol.